The Hall–Kier alpha value is -4.82. The number of fused-ring (bicyclic) bond motifs is 7. The Morgan fingerprint density at radius 3 is 2.40 bits per heavy atom. The van der Waals surface area contributed by atoms with Gasteiger partial charge in [-0.25, -0.2) is 0 Å². The number of rotatable bonds is 3. The zero-order valence-electron chi connectivity index (χ0n) is 22.3. The maximum Gasteiger partial charge on any atom is 0.0600 e. The number of hydrogen-bond donors (Lipinski definition) is 1. The highest BCUT2D eigenvalue weighted by molar-refractivity contribution is 6.08. The molecule has 4 aromatic carbocycles. The highest BCUT2D eigenvalue weighted by atomic mass is 15.0. The first kappa shape index (κ1) is 23.1. The third-order valence-corrected chi connectivity index (χ3v) is 8.50. The molecule has 0 spiro atoms. The summed E-state index contributed by atoms with van der Waals surface area (Å²) in [6.45, 7) is 0. The lowest BCUT2D eigenvalue weighted by molar-refractivity contribution is 0.893. The fraction of sp³-hybridized carbons (Fsp3) is 0.105. The minimum Gasteiger partial charge on any atom is -0.377 e. The van der Waals surface area contributed by atoms with Crippen molar-refractivity contribution < 1.29 is 0 Å². The van der Waals surface area contributed by atoms with Crippen LogP contribution in [-0.2, 0) is 0 Å². The Bertz CT molecular complexity index is 1900. The molecule has 1 aromatic heterocycles. The van der Waals surface area contributed by atoms with E-state index in [0.717, 1.165) is 19.3 Å². The van der Waals surface area contributed by atoms with Crippen LogP contribution in [0.2, 0.25) is 0 Å². The molecule has 5 aromatic rings. The summed E-state index contributed by atoms with van der Waals surface area (Å²) in [6.07, 6.45) is 16.7. The molecule has 1 atom stereocenters. The van der Waals surface area contributed by atoms with Gasteiger partial charge < -0.3 is 9.88 Å². The molecule has 0 amide bonds. The Kier molecular flexibility index (Phi) is 5.44. The first-order chi connectivity index (χ1) is 19.8. The lowest BCUT2D eigenvalue weighted by Gasteiger charge is -2.24. The first-order valence-electron chi connectivity index (χ1n) is 14.3. The van der Waals surface area contributed by atoms with Gasteiger partial charge in [-0.2, -0.15) is 0 Å². The molecule has 2 heterocycles. The van der Waals surface area contributed by atoms with Crippen LogP contribution in [-0.4, -0.2) is 10.6 Å². The van der Waals surface area contributed by atoms with Crippen LogP contribution < -0.4 is 5.32 Å². The van der Waals surface area contributed by atoms with Crippen molar-refractivity contribution in [1.29, 1.82) is 0 Å². The van der Waals surface area contributed by atoms with E-state index in [-0.39, 0.29) is 6.04 Å². The predicted molar refractivity (Wildman–Crippen MR) is 170 cm³/mol. The lowest BCUT2D eigenvalue weighted by Crippen LogP contribution is -2.22. The Morgan fingerprint density at radius 1 is 0.700 bits per heavy atom. The molecule has 0 unspecified atom stereocenters. The molecule has 1 aliphatic heterocycles. The molecule has 192 valence electrons. The number of hydrogen-bond acceptors (Lipinski definition) is 1. The summed E-state index contributed by atoms with van der Waals surface area (Å²) in [6, 6.07) is 35.9. The van der Waals surface area contributed by atoms with E-state index in [9.17, 15) is 0 Å². The zero-order chi connectivity index (χ0) is 26.5. The topological polar surface area (TPSA) is 17.0 Å². The van der Waals surface area contributed by atoms with Crippen molar-refractivity contribution in [3.8, 4) is 27.9 Å². The minimum absolute atomic E-state index is 0.221. The van der Waals surface area contributed by atoms with Crippen molar-refractivity contribution in [2.24, 2.45) is 0 Å². The van der Waals surface area contributed by atoms with Crippen LogP contribution in [0.25, 0.3) is 50.0 Å². The van der Waals surface area contributed by atoms with Crippen molar-refractivity contribution in [3.63, 3.8) is 0 Å². The maximum absolute atomic E-state index is 3.89. The van der Waals surface area contributed by atoms with E-state index in [4.69, 9.17) is 0 Å². The second kappa shape index (κ2) is 9.43. The van der Waals surface area contributed by atoms with Crippen molar-refractivity contribution in [2.45, 2.75) is 25.3 Å². The Labute approximate surface area is 235 Å². The highest BCUT2D eigenvalue weighted by Crippen LogP contribution is 2.48. The number of allylic oxidation sites excluding steroid dienone is 6. The fourth-order valence-corrected chi connectivity index (χ4v) is 6.65. The van der Waals surface area contributed by atoms with E-state index >= 15 is 0 Å². The Balaban J connectivity index is 1.48. The third kappa shape index (κ3) is 3.71. The smallest absolute Gasteiger partial charge is 0.0600 e. The summed E-state index contributed by atoms with van der Waals surface area (Å²) < 4.78 is 2.53. The van der Waals surface area contributed by atoms with Gasteiger partial charge in [-0.15, -0.1) is 0 Å². The SMILES string of the molecule is C1=CCCC(c2cc(-c3ccccc3)cc(-n3c4c(c5ccccc53)-c3ccccc3N[C@H]3CC=CC=C43)c2)=C1. The molecule has 0 fully saturated rings. The molecular formula is C38H30N2. The largest absolute Gasteiger partial charge is 0.377 e. The second-order valence-electron chi connectivity index (χ2n) is 10.9. The van der Waals surface area contributed by atoms with Gasteiger partial charge >= 0.3 is 0 Å². The van der Waals surface area contributed by atoms with E-state index in [2.05, 4.69) is 143 Å². The summed E-state index contributed by atoms with van der Waals surface area (Å²) >= 11 is 0. The monoisotopic (exact) mass is 514 g/mol. The first-order valence-corrected chi connectivity index (χ1v) is 14.3. The van der Waals surface area contributed by atoms with Crippen LogP contribution in [0.4, 0.5) is 5.69 Å². The van der Waals surface area contributed by atoms with E-state index in [0.29, 0.717) is 0 Å². The van der Waals surface area contributed by atoms with Gasteiger partial charge in [0.2, 0.25) is 0 Å². The number of para-hydroxylation sites is 2. The van der Waals surface area contributed by atoms with E-state index in [1.54, 1.807) is 0 Å². The summed E-state index contributed by atoms with van der Waals surface area (Å²) in [5, 5.41) is 5.17. The normalized spacial score (nSPS) is 17.2. The van der Waals surface area contributed by atoms with Gasteiger partial charge in [-0.1, -0.05) is 103 Å². The highest BCUT2D eigenvalue weighted by Gasteiger charge is 2.31. The minimum atomic E-state index is 0.221. The van der Waals surface area contributed by atoms with Crippen LogP contribution in [0.1, 0.15) is 30.5 Å². The number of aromatic nitrogens is 1. The van der Waals surface area contributed by atoms with Crippen LogP contribution in [0, 0.1) is 0 Å². The molecule has 0 bridgehead atoms. The Morgan fingerprint density at radius 2 is 1.50 bits per heavy atom. The third-order valence-electron chi connectivity index (χ3n) is 8.50. The standard InChI is InChI=1S/C38H30N2/c1-3-13-26(14-4-1)28-23-29(27-15-5-2-6-16-27)25-30(24-28)40-36-22-12-9-19-33(36)37-31-17-7-10-20-34(31)39-35-21-11-8-18-32(35)38(37)40/h1-5,7-15,17-20,22-25,35,39H,6,16,21H2/t35-/m0/s1. The molecule has 2 aliphatic carbocycles. The van der Waals surface area contributed by atoms with Gasteiger partial charge in [0.05, 0.1) is 17.3 Å². The number of nitrogens with one attached hydrogen (secondary N) is 1. The predicted octanol–water partition coefficient (Wildman–Crippen LogP) is 9.84. The van der Waals surface area contributed by atoms with Crippen LogP contribution in [0.3, 0.4) is 0 Å². The van der Waals surface area contributed by atoms with Crippen LogP contribution in [0.5, 0.6) is 0 Å². The molecule has 8 rings (SSSR count). The van der Waals surface area contributed by atoms with Gasteiger partial charge in [0.15, 0.2) is 0 Å². The average molecular weight is 515 g/mol. The summed E-state index contributed by atoms with van der Waals surface area (Å²) in [7, 11) is 0. The quantitative estimate of drug-likeness (QED) is 0.253. The molecule has 1 N–H and O–H groups in total. The van der Waals surface area contributed by atoms with Crippen LogP contribution >= 0.6 is 0 Å². The van der Waals surface area contributed by atoms with Crippen molar-refractivity contribution in [1.82, 2.24) is 4.57 Å². The zero-order valence-corrected chi connectivity index (χ0v) is 22.3. The van der Waals surface area contributed by atoms with E-state index in [1.165, 1.54) is 66.9 Å². The number of benzene rings is 4. The number of anilines is 1. The van der Waals surface area contributed by atoms with E-state index in [1.807, 2.05) is 0 Å². The summed E-state index contributed by atoms with van der Waals surface area (Å²) in [5.74, 6) is 0. The van der Waals surface area contributed by atoms with Gasteiger partial charge in [-0.3, -0.25) is 0 Å². The molecule has 0 saturated carbocycles. The van der Waals surface area contributed by atoms with Gasteiger partial charge in [0, 0.05) is 27.9 Å². The number of nitrogens with zero attached hydrogens (tertiary/aromatic N) is 1. The molecule has 0 saturated heterocycles. The molecule has 3 aliphatic rings. The molecule has 0 radical (unpaired) electrons. The average Bonchev–Trinajstić information content (AvgIpc) is 3.29. The van der Waals surface area contributed by atoms with Gasteiger partial charge in [-0.05, 0) is 77.4 Å². The molecular weight excluding hydrogens is 484 g/mol. The second-order valence-corrected chi connectivity index (χ2v) is 10.9. The molecule has 40 heavy (non-hydrogen) atoms. The molecule has 2 heteroatoms. The van der Waals surface area contributed by atoms with Crippen LogP contribution in [0.15, 0.2) is 134 Å². The summed E-state index contributed by atoms with van der Waals surface area (Å²) in [5.41, 5.74) is 14.1. The fourth-order valence-electron chi connectivity index (χ4n) is 6.65. The van der Waals surface area contributed by atoms with Crippen molar-refractivity contribution in [2.75, 3.05) is 5.32 Å². The van der Waals surface area contributed by atoms with Gasteiger partial charge in [0.25, 0.3) is 0 Å². The maximum atomic E-state index is 3.89. The lowest BCUT2D eigenvalue weighted by atomic mass is 9.92. The van der Waals surface area contributed by atoms with Gasteiger partial charge in [0.1, 0.15) is 0 Å². The molecule has 2 nitrogen and oxygen atoms in total. The van der Waals surface area contributed by atoms with Crippen molar-refractivity contribution in [3.05, 3.63) is 145 Å². The summed E-state index contributed by atoms with van der Waals surface area (Å²) in [4.78, 5) is 0. The van der Waals surface area contributed by atoms with E-state index < -0.39 is 0 Å². The van der Waals surface area contributed by atoms with Crippen molar-refractivity contribution >= 4 is 27.7 Å².